The second-order valence-corrected chi connectivity index (χ2v) is 7.82. The molecule has 4 rings (SSSR count). The molecule has 1 aliphatic carbocycles. The fourth-order valence-electron chi connectivity index (χ4n) is 3.90. The van der Waals surface area contributed by atoms with E-state index in [0.29, 0.717) is 42.2 Å². The molecular weight excluding hydrogens is 471 g/mol. The van der Waals surface area contributed by atoms with Crippen molar-refractivity contribution in [3.05, 3.63) is 88.5 Å². The van der Waals surface area contributed by atoms with Gasteiger partial charge in [-0.15, -0.1) is 0 Å². The summed E-state index contributed by atoms with van der Waals surface area (Å²) in [6, 6.07) is 6.03. The number of esters is 1. The van der Waals surface area contributed by atoms with Crippen LogP contribution in [-0.4, -0.2) is 23.0 Å². The van der Waals surface area contributed by atoms with Gasteiger partial charge in [-0.2, -0.15) is 13.2 Å². The molecular formula is C25H19F5N2O3. The first-order chi connectivity index (χ1) is 16.7. The third kappa shape index (κ3) is 5.31. The number of methoxy groups -OCH3 is 1. The molecule has 5 nitrogen and oxygen atoms in total. The minimum Gasteiger partial charge on any atom is -0.488 e. The Morgan fingerprint density at radius 3 is 2.51 bits per heavy atom. The molecule has 0 fully saturated rings. The molecule has 0 radical (unpaired) electrons. The number of allylic oxidation sites excluding steroid dienone is 2. The van der Waals surface area contributed by atoms with Crippen LogP contribution < -0.4 is 4.74 Å². The standard InChI is InChI=1S/C25H19F5N2O3/c1-34-24(33)22-12-31-11-21(32-22)18-4-2-3-17(18)19-9-15(25(28,29)30)6-8-23(19)35-13-14-5-7-16(26)10-20(14)27/h5-12H,2-4,13H2,1H3. The zero-order valence-corrected chi connectivity index (χ0v) is 18.5. The fourth-order valence-corrected chi connectivity index (χ4v) is 3.90. The van der Waals surface area contributed by atoms with Gasteiger partial charge in [0.25, 0.3) is 0 Å². The Kier molecular flexibility index (Phi) is 6.81. The lowest BCUT2D eigenvalue weighted by atomic mass is 9.97. The van der Waals surface area contributed by atoms with Crippen molar-refractivity contribution in [2.75, 3.05) is 7.11 Å². The van der Waals surface area contributed by atoms with E-state index in [0.717, 1.165) is 18.2 Å². The van der Waals surface area contributed by atoms with Gasteiger partial charge in [-0.25, -0.2) is 18.6 Å². The first kappa shape index (κ1) is 24.3. The van der Waals surface area contributed by atoms with Gasteiger partial charge < -0.3 is 9.47 Å². The lowest BCUT2D eigenvalue weighted by molar-refractivity contribution is -0.137. The zero-order chi connectivity index (χ0) is 25.2. The first-order valence-electron chi connectivity index (χ1n) is 10.6. The van der Waals surface area contributed by atoms with E-state index < -0.39 is 29.3 Å². The molecule has 1 aliphatic rings. The number of ether oxygens (including phenoxy) is 2. The predicted molar refractivity (Wildman–Crippen MR) is 116 cm³/mol. The lowest BCUT2D eigenvalue weighted by Gasteiger charge is -2.17. The third-order valence-corrected chi connectivity index (χ3v) is 5.59. The number of rotatable bonds is 6. The van der Waals surface area contributed by atoms with Gasteiger partial charge in [-0.05, 0) is 60.7 Å². The highest BCUT2D eigenvalue weighted by Gasteiger charge is 2.32. The third-order valence-electron chi connectivity index (χ3n) is 5.59. The molecule has 182 valence electrons. The molecule has 0 unspecified atom stereocenters. The molecule has 0 saturated heterocycles. The smallest absolute Gasteiger partial charge is 0.416 e. The Morgan fingerprint density at radius 1 is 1.03 bits per heavy atom. The van der Waals surface area contributed by atoms with Gasteiger partial charge in [0.05, 0.1) is 30.8 Å². The Bertz CT molecular complexity index is 1300. The fraction of sp³-hybridized carbons (Fsp3) is 0.240. The van der Waals surface area contributed by atoms with Crippen LogP contribution in [0.4, 0.5) is 22.0 Å². The number of aromatic nitrogens is 2. The predicted octanol–water partition coefficient (Wildman–Crippen LogP) is 6.23. The summed E-state index contributed by atoms with van der Waals surface area (Å²) in [7, 11) is 1.20. The number of carbonyl (C=O) groups is 1. The normalized spacial score (nSPS) is 13.8. The van der Waals surface area contributed by atoms with Crippen molar-refractivity contribution < 1.29 is 36.2 Å². The van der Waals surface area contributed by atoms with Gasteiger partial charge in [0, 0.05) is 17.2 Å². The van der Waals surface area contributed by atoms with Gasteiger partial charge in [0.2, 0.25) is 0 Å². The number of alkyl halides is 3. The lowest BCUT2D eigenvalue weighted by Crippen LogP contribution is -2.08. The molecule has 1 heterocycles. The van der Waals surface area contributed by atoms with E-state index in [-0.39, 0.29) is 29.2 Å². The Morgan fingerprint density at radius 2 is 1.80 bits per heavy atom. The van der Waals surface area contributed by atoms with Crippen LogP contribution in [0.2, 0.25) is 0 Å². The van der Waals surface area contributed by atoms with Crippen molar-refractivity contribution in [2.45, 2.75) is 32.0 Å². The Balaban J connectivity index is 1.78. The van der Waals surface area contributed by atoms with E-state index in [1.54, 1.807) is 0 Å². The van der Waals surface area contributed by atoms with Crippen LogP contribution in [0.15, 0.2) is 48.8 Å². The second-order valence-electron chi connectivity index (χ2n) is 7.82. The number of hydrogen-bond donors (Lipinski definition) is 0. The molecule has 0 N–H and O–H groups in total. The minimum absolute atomic E-state index is 0.0314. The molecule has 10 heteroatoms. The van der Waals surface area contributed by atoms with E-state index in [1.165, 1.54) is 31.6 Å². The molecule has 0 aliphatic heterocycles. The first-order valence-corrected chi connectivity index (χ1v) is 10.6. The highest BCUT2D eigenvalue weighted by atomic mass is 19.4. The van der Waals surface area contributed by atoms with Crippen LogP contribution in [0.1, 0.15) is 52.1 Å². The molecule has 0 bridgehead atoms. The van der Waals surface area contributed by atoms with Crippen LogP contribution in [0.25, 0.3) is 11.1 Å². The highest BCUT2D eigenvalue weighted by Crippen LogP contribution is 2.44. The summed E-state index contributed by atoms with van der Waals surface area (Å²) in [5.74, 6) is -2.16. The van der Waals surface area contributed by atoms with E-state index in [2.05, 4.69) is 14.7 Å². The minimum atomic E-state index is -4.60. The molecule has 2 aromatic carbocycles. The van der Waals surface area contributed by atoms with Crippen molar-refractivity contribution >= 4 is 17.1 Å². The number of benzene rings is 2. The summed E-state index contributed by atoms with van der Waals surface area (Å²) < 4.78 is 78.2. The summed E-state index contributed by atoms with van der Waals surface area (Å²) in [5.41, 5.74) is 0.849. The number of hydrogen-bond acceptors (Lipinski definition) is 5. The summed E-state index contributed by atoms with van der Waals surface area (Å²) >= 11 is 0. The maximum absolute atomic E-state index is 14.1. The molecule has 1 aromatic heterocycles. The Hall–Kier alpha value is -3.82. The van der Waals surface area contributed by atoms with Gasteiger partial charge in [0.1, 0.15) is 24.0 Å². The van der Waals surface area contributed by atoms with Crippen LogP contribution >= 0.6 is 0 Å². The van der Waals surface area contributed by atoms with Crippen LogP contribution in [0, 0.1) is 11.6 Å². The molecule has 35 heavy (non-hydrogen) atoms. The van der Waals surface area contributed by atoms with Crippen molar-refractivity contribution in [2.24, 2.45) is 0 Å². The summed E-state index contributed by atoms with van der Waals surface area (Å²) in [5, 5.41) is 0. The zero-order valence-electron chi connectivity index (χ0n) is 18.5. The molecule has 0 saturated carbocycles. The number of nitrogens with zero attached hydrogens (tertiary/aromatic N) is 2. The van der Waals surface area contributed by atoms with Crippen molar-refractivity contribution in [1.82, 2.24) is 9.97 Å². The van der Waals surface area contributed by atoms with Crippen molar-refractivity contribution in [3.8, 4) is 5.75 Å². The molecule has 3 aromatic rings. The maximum atomic E-state index is 14.1. The summed E-state index contributed by atoms with van der Waals surface area (Å²) in [6.07, 6.45) is -0.369. The Labute approximate surface area is 197 Å². The van der Waals surface area contributed by atoms with Crippen molar-refractivity contribution in [1.29, 1.82) is 0 Å². The quantitative estimate of drug-likeness (QED) is 0.303. The monoisotopic (exact) mass is 490 g/mol. The van der Waals surface area contributed by atoms with Crippen LogP contribution in [0.3, 0.4) is 0 Å². The van der Waals surface area contributed by atoms with Crippen molar-refractivity contribution in [3.63, 3.8) is 0 Å². The number of halogens is 5. The maximum Gasteiger partial charge on any atom is 0.416 e. The molecule has 0 atom stereocenters. The largest absolute Gasteiger partial charge is 0.488 e. The molecule has 0 amide bonds. The number of carbonyl (C=O) groups excluding carboxylic acids is 1. The van der Waals surface area contributed by atoms with E-state index in [4.69, 9.17) is 4.74 Å². The van der Waals surface area contributed by atoms with Crippen LogP contribution in [0.5, 0.6) is 5.75 Å². The summed E-state index contributed by atoms with van der Waals surface area (Å²) in [4.78, 5) is 20.2. The van der Waals surface area contributed by atoms with Gasteiger partial charge in [0.15, 0.2) is 5.69 Å². The van der Waals surface area contributed by atoms with Gasteiger partial charge in [-0.3, -0.25) is 4.98 Å². The van der Waals surface area contributed by atoms with E-state index in [9.17, 15) is 26.7 Å². The van der Waals surface area contributed by atoms with E-state index in [1.807, 2.05) is 0 Å². The highest BCUT2D eigenvalue weighted by molar-refractivity contribution is 5.94. The van der Waals surface area contributed by atoms with Gasteiger partial charge >= 0.3 is 12.1 Å². The average molecular weight is 490 g/mol. The van der Waals surface area contributed by atoms with Gasteiger partial charge in [-0.1, -0.05) is 0 Å². The van der Waals surface area contributed by atoms with E-state index >= 15 is 0 Å². The topological polar surface area (TPSA) is 61.3 Å². The SMILES string of the molecule is COC(=O)c1cncc(C2=C(c3cc(C(F)(F)F)ccc3OCc3ccc(F)cc3F)CCC2)n1. The van der Waals surface area contributed by atoms with Crippen LogP contribution in [-0.2, 0) is 17.5 Å². The second kappa shape index (κ2) is 9.81. The average Bonchev–Trinajstić information content (AvgIpc) is 3.32. The summed E-state index contributed by atoms with van der Waals surface area (Å²) in [6.45, 7) is -0.315. The molecule has 0 spiro atoms.